The average molecular weight is 295 g/mol. The summed E-state index contributed by atoms with van der Waals surface area (Å²) in [5, 5.41) is 0. The van der Waals surface area contributed by atoms with Gasteiger partial charge in [0.1, 0.15) is 5.60 Å². The van der Waals surface area contributed by atoms with Gasteiger partial charge in [-0.05, 0) is 47.1 Å². The second-order valence-electron chi connectivity index (χ2n) is 7.99. The van der Waals surface area contributed by atoms with Gasteiger partial charge in [0, 0.05) is 44.3 Å². The monoisotopic (exact) mass is 295 g/mol. The summed E-state index contributed by atoms with van der Waals surface area (Å²) in [4.78, 5) is 19.2. The Morgan fingerprint density at radius 1 is 1.19 bits per heavy atom. The van der Waals surface area contributed by atoms with Crippen LogP contribution in [0.4, 0.5) is 4.79 Å². The van der Waals surface area contributed by atoms with E-state index in [9.17, 15) is 4.79 Å². The molecule has 0 radical (unpaired) electrons. The van der Waals surface area contributed by atoms with Crippen molar-refractivity contribution in [2.75, 3.05) is 39.8 Å². The summed E-state index contributed by atoms with van der Waals surface area (Å²) in [6, 6.07) is 0.517. The quantitative estimate of drug-likeness (QED) is 0.739. The van der Waals surface area contributed by atoms with Gasteiger partial charge in [0.15, 0.2) is 0 Å². The Morgan fingerprint density at radius 2 is 1.90 bits per heavy atom. The van der Waals surface area contributed by atoms with Gasteiger partial charge in [-0.3, -0.25) is 9.80 Å². The van der Waals surface area contributed by atoms with E-state index in [2.05, 4.69) is 16.8 Å². The zero-order chi connectivity index (χ0) is 15.3. The van der Waals surface area contributed by atoms with E-state index in [1.54, 1.807) is 0 Å². The molecule has 1 aliphatic carbocycles. The summed E-state index contributed by atoms with van der Waals surface area (Å²) in [6.45, 7) is 10.9. The molecule has 3 aliphatic rings. The molecule has 5 nitrogen and oxygen atoms in total. The van der Waals surface area contributed by atoms with Crippen molar-refractivity contribution in [3.63, 3.8) is 0 Å². The minimum atomic E-state index is -0.402. The van der Waals surface area contributed by atoms with Crippen molar-refractivity contribution in [3.05, 3.63) is 0 Å². The second kappa shape index (κ2) is 5.13. The van der Waals surface area contributed by atoms with Crippen molar-refractivity contribution >= 4 is 6.09 Å². The molecule has 1 unspecified atom stereocenters. The van der Waals surface area contributed by atoms with Crippen molar-refractivity contribution in [1.29, 1.82) is 0 Å². The van der Waals surface area contributed by atoms with Gasteiger partial charge in [-0.2, -0.15) is 0 Å². The summed E-state index contributed by atoms with van der Waals surface area (Å²) in [5.74, 6) is 0. The normalized spacial score (nSPS) is 29.9. The maximum absolute atomic E-state index is 12.2. The number of carbonyl (C=O) groups excluding carboxylic acids is 1. The standard InChI is InChI=1S/C16H29N3O2/c1-15(2,3)21-14(20)18-8-5-13(11-18)19-10-9-17(4)16(12-19)6-7-16/h13H,5-12H2,1-4H3. The van der Waals surface area contributed by atoms with Crippen molar-refractivity contribution in [1.82, 2.24) is 14.7 Å². The lowest BCUT2D eigenvalue weighted by Crippen LogP contribution is -2.56. The lowest BCUT2D eigenvalue weighted by molar-refractivity contribution is 0.0245. The fourth-order valence-corrected chi connectivity index (χ4v) is 3.62. The molecule has 1 amide bonds. The van der Waals surface area contributed by atoms with Crippen LogP contribution in [0.25, 0.3) is 0 Å². The van der Waals surface area contributed by atoms with Gasteiger partial charge >= 0.3 is 6.09 Å². The average Bonchev–Trinajstić information content (AvgIpc) is 2.97. The van der Waals surface area contributed by atoms with Gasteiger partial charge in [-0.1, -0.05) is 0 Å². The molecule has 3 rings (SSSR count). The SMILES string of the molecule is CN1CCN(C2CCN(C(=O)OC(C)(C)C)C2)CC12CC2. The molecule has 1 saturated carbocycles. The van der Waals surface area contributed by atoms with E-state index in [0.717, 1.165) is 32.6 Å². The number of piperazine rings is 1. The Bertz CT molecular complexity index is 414. The number of amides is 1. The number of ether oxygens (including phenoxy) is 1. The first-order valence-corrected chi connectivity index (χ1v) is 8.22. The van der Waals surface area contributed by atoms with Gasteiger partial charge in [-0.15, -0.1) is 0 Å². The molecule has 5 heteroatoms. The Morgan fingerprint density at radius 3 is 2.52 bits per heavy atom. The molecule has 0 aromatic heterocycles. The molecular weight excluding hydrogens is 266 g/mol. The Labute approximate surface area is 128 Å². The van der Waals surface area contributed by atoms with Crippen LogP contribution in [0.1, 0.15) is 40.0 Å². The zero-order valence-electron chi connectivity index (χ0n) is 13.9. The van der Waals surface area contributed by atoms with Crippen LogP contribution < -0.4 is 0 Å². The van der Waals surface area contributed by atoms with Gasteiger partial charge in [0.25, 0.3) is 0 Å². The Kier molecular flexibility index (Phi) is 3.69. The summed E-state index contributed by atoms with van der Waals surface area (Å²) < 4.78 is 5.49. The van der Waals surface area contributed by atoms with E-state index in [1.165, 1.54) is 19.4 Å². The van der Waals surface area contributed by atoms with Crippen LogP contribution in [-0.4, -0.2) is 77.7 Å². The van der Waals surface area contributed by atoms with Crippen molar-refractivity contribution in [2.45, 2.75) is 57.2 Å². The largest absolute Gasteiger partial charge is 0.444 e. The van der Waals surface area contributed by atoms with Crippen LogP contribution in [0.15, 0.2) is 0 Å². The van der Waals surface area contributed by atoms with Gasteiger partial charge < -0.3 is 9.64 Å². The van der Waals surface area contributed by atoms with Crippen LogP contribution in [0, 0.1) is 0 Å². The molecule has 2 saturated heterocycles. The highest BCUT2D eigenvalue weighted by Crippen LogP contribution is 2.44. The van der Waals surface area contributed by atoms with E-state index in [1.807, 2.05) is 25.7 Å². The molecule has 0 aromatic carbocycles. The highest BCUT2D eigenvalue weighted by molar-refractivity contribution is 5.68. The van der Waals surface area contributed by atoms with E-state index < -0.39 is 5.60 Å². The number of hydrogen-bond donors (Lipinski definition) is 0. The molecule has 0 bridgehead atoms. The topological polar surface area (TPSA) is 36.0 Å². The lowest BCUT2D eigenvalue weighted by Gasteiger charge is -2.42. The highest BCUT2D eigenvalue weighted by atomic mass is 16.6. The van der Waals surface area contributed by atoms with Crippen LogP contribution in [0.5, 0.6) is 0 Å². The predicted molar refractivity (Wildman–Crippen MR) is 82.4 cm³/mol. The summed E-state index contributed by atoms with van der Waals surface area (Å²) in [5.41, 5.74) is 0.0542. The zero-order valence-corrected chi connectivity index (χ0v) is 13.9. The number of likely N-dealkylation sites (N-methyl/N-ethyl adjacent to an activating group) is 1. The first kappa shape index (κ1) is 15.1. The molecule has 3 fully saturated rings. The Hall–Kier alpha value is -0.810. The first-order valence-electron chi connectivity index (χ1n) is 8.22. The van der Waals surface area contributed by atoms with Gasteiger partial charge in [-0.25, -0.2) is 4.79 Å². The van der Waals surface area contributed by atoms with Crippen molar-refractivity contribution in [2.24, 2.45) is 0 Å². The smallest absolute Gasteiger partial charge is 0.410 e. The van der Waals surface area contributed by atoms with E-state index in [-0.39, 0.29) is 6.09 Å². The number of carbonyl (C=O) groups is 1. The van der Waals surface area contributed by atoms with Crippen LogP contribution >= 0.6 is 0 Å². The van der Waals surface area contributed by atoms with E-state index in [4.69, 9.17) is 4.74 Å². The number of nitrogens with zero attached hydrogens (tertiary/aromatic N) is 3. The predicted octanol–water partition coefficient (Wildman–Crippen LogP) is 1.78. The third-order valence-electron chi connectivity index (χ3n) is 5.19. The summed E-state index contributed by atoms with van der Waals surface area (Å²) in [7, 11) is 2.26. The first-order chi connectivity index (χ1) is 9.79. The van der Waals surface area contributed by atoms with Gasteiger partial charge in [0.05, 0.1) is 0 Å². The van der Waals surface area contributed by atoms with E-state index >= 15 is 0 Å². The van der Waals surface area contributed by atoms with Gasteiger partial charge in [0.2, 0.25) is 0 Å². The molecule has 120 valence electrons. The minimum Gasteiger partial charge on any atom is -0.444 e. The lowest BCUT2D eigenvalue weighted by atomic mass is 10.1. The Balaban J connectivity index is 1.54. The van der Waals surface area contributed by atoms with Crippen LogP contribution in [0.3, 0.4) is 0 Å². The minimum absolute atomic E-state index is 0.153. The molecule has 21 heavy (non-hydrogen) atoms. The fraction of sp³-hybridized carbons (Fsp3) is 0.938. The molecule has 1 atom stereocenters. The van der Waals surface area contributed by atoms with E-state index in [0.29, 0.717) is 11.6 Å². The van der Waals surface area contributed by atoms with Crippen LogP contribution in [-0.2, 0) is 4.74 Å². The number of likely N-dealkylation sites (tertiary alicyclic amines) is 1. The molecular formula is C16H29N3O2. The third-order valence-corrected chi connectivity index (χ3v) is 5.19. The van der Waals surface area contributed by atoms with Crippen molar-refractivity contribution in [3.8, 4) is 0 Å². The summed E-state index contributed by atoms with van der Waals surface area (Å²) in [6.07, 6.45) is 3.60. The third kappa shape index (κ3) is 3.19. The molecule has 0 N–H and O–H groups in total. The second-order valence-corrected chi connectivity index (χ2v) is 7.99. The highest BCUT2D eigenvalue weighted by Gasteiger charge is 2.50. The molecule has 0 aromatic rings. The molecule has 2 aliphatic heterocycles. The fourth-order valence-electron chi connectivity index (χ4n) is 3.62. The van der Waals surface area contributed by atoms with Crippen LogP contribution in [0.2, 0.25) is 0 Å². The van der Waals surface area contributed by atoms with Crippen molar-refractivity contribution < 1.29 is 9.53 Å². The maximum atomic E-state index is 12.2. The maximum Gasteiger partial charge on any atom is 0.410 e. The summed E-state index contributed by atoms with van der Waals surface area (Å²) >= 11 is 0. The molecule has 2 heterocycles. The number of rotatable bonds is 1. The molecule has 1 spiro atoms. The number of hydrogen-bond acceptors (Lipinski definition) is 4.